The molecule has 0 radical (unpaired) electrons. The van der Waals surface area contributed by atoms with E-state index in [2.05, 4.69) is 29.0 Å². The first-order valence-electron chi connectivity index (χ1n) is 8.97. The number of benzene rings is 1. The number of amides is 2. The Labute approximate surface area is 158 Å². The van der Waals surface area contributed by atoms with E-state index in [0.29, 0.717) is 18.4 Å². The molecule has 144 valence electrons. The summed E-state index contributed by atoms with van der Waals surface area (Å²) in [6, 6.07) is 5.59. The number of nitrogens with zero attached hydrogens (tertiary/aromatic N) is 1. The van der Waals surface area contributed by atoms with E-state index in [1.165, 1.54) is 24.3 Å². The fourth-order valence-electron chi connectivity index (χ4n) is 2.57. The molecule has 1 N–H and O–H groups in total. The number of ether oxygens (including phenoxy) is 1. The monoisotopic (exact) mass is 373 g/mol. The molecule has 1 aromatic rings. The molecule has 1 heterocycles. The van der Waals surface area contributed by atoms with Gasteiger partial charge < -0.3 is 9.84 Å². The zero-order valence-electron chi connectivity index (χ0n) is 15.1. The molecule has 3 rings (SSSR count). The number of carbonyl (C=O) groups excluding carboxylic acids is 2. The second-order valence-corrected chi connectivity index (χ2v) is 6.10. The minimum absolute atomic E-state index is 0.174. The molecule has 0 saturated carbocycles. The standard InChI is InChI=1S/C14H16FNO4.C7H8/c15-11-6-4-10(5-7-11)12(17)2-1-3-13(18)16-8-9-20-14(16)19;1-2-4-6-7-5-3-1/h4-7,12,17H,1-3,8-9H2;1-6H,7H2/t12-;/m0./s1. The molecule has 5 nitrogen and oxygen atoms in total. The molecule has 6 heteroatoms. The maximum atomic E-state index is 12.7. The zero-order chi connectivity index (χ0) is 19.5. The van der Waals surface area contributed by atoms with Gasteiger partial charge in [0.1, 0.15) is 12.4 Å². The van der Waals surface area contributed by atoms with Gasteiger partial charge in [-0.1, -0.05) is 48.6 Å². The lowest BCUT2D eigenvalue weighted by atomic mass is 10.0. The van der Waals surface area contributed by atoms with Crippen molar-refractivity contribution in [3.8, 4) is 0 Å². The number of imide groups is 1. The second-order valence-electron chi connectivity index (χ2n) is 6.10. The Balaban J connectivity index is 0.000000313. The van der Waals surface area contributed by atoms with E-state index in [9.17, 15) is 19.1 Å². The Bertz CT molecular complexity index is 695. The van der Waals surface area contributed by atoms with Crippen molar-refractivity contribution in [1.82, 2.24) is 4.90 Å². The fourth-order valence-corrected chi connectivity index (χ4v) is 2.57. The van der Waals surface area contributed by atoms with Crippen LogP contribution < -0.4 is 0 Å². The first kappa shape index (κ1) is 20.6. The lowest BCUT2D eigenvalue weighted by Gasteiger charge is -2.13. The summed E-state index contributed by atoms with van der Waals surface area (Å²) < 4.78 is 17.4. The Kier molecular flexibility index (Phi) is 8.45. The summed E-state index contributed by atoms with van der Waals surface area (Å²) in [4.78, 5) is 24.0. The maximum Gasteiger partial charge on any atom is 0.416 e. The van der Waals surface area contributed by atoms with Gasteiger partial charge in [-0.3, -0.25) is 4.79 Å². The van der Waals surface area contributed by atoms with Gasteiger partial charge >= 0.3 is 6.09 Å². The van der Waals surface area contributed by atoms with Gasteiger partial charge in [-0.2, -0.15) is 0 Å². The molecule has 1 atom stereocenters. The summed E-state index contributed by atoms with van der Waals surface area (Å²) in [6.45, 7) is 0.529. The molecular weight excluding hydrogens is 349 g/mol. The fraction of sp³-hybridized carbons (Fsp3) is 0.333. The predicted molar refractivity (Wildman–Crippen MR) is 100 cm³/mol. The van der Waals surface area contributed by atoms with E-state index < -0.39 is 12.2 Å². The molecule has 27 heavy (non-hydrogen) atoms. The minimum atomic E-state index is -0.742. The van der Waals surface area contributed by atoms with Crippen molar-refractivity contribution in [3.05, 3.63) is 72.1 Å². The molecule has 1 aliphatic carbocycles. The summed E-state index contributed by atoms with van der Waals surface area (Å²) in [6.07, 6.45) is 13.2. The molecule has 1 fully saturated rings. The van der Waals surface area contributed by atoms with Crippen LogP contribution in [0.2, 0.25) is 0 Å². The van der Waals surface area contributed by atoms with Crippen LogP contribution in [-0.4, -0.2) is 35.2 Å². The highest BCUT2D eigenvalue weighted by molar-refractivity contribution is 5.92. The van der Waals surface area contributed by atoms with Crippen LogP contribution >= 0.6 is 0 Å². The summed E-state index contributed by atoms with van der Waals surface area (Å²) in [5.41, 5.74) is 0.611. The molecule has 0 spiro atoms. The molecule has 0 unspecified atom stereocenters. The van der Waals surface area contributed by atoms with E-state index in [1.807, 2.05) is 12.2 Å². The van der Waals surface area contributed by atoms with Gasteiger partial charge in [0.2, 0.25) is 5.91 Å². The van der Waals surface area contributed by atoms with Crippen molar-refractivity contribution in [2.45, 2.75) is 31.8 Å². The first-order chi connectivity index (χ1) is 13.1. The summed E-state index contributed by atoms with van der Waals surface area (Å²) in [5, 5.41) is 9.90. The number of hydrogen-bond acceptors (Lipinski definition) is 4. The van der Waals surface area contributed by atoms with E-state index in [-0.39, 0.29) is 31.3 Å². The smallest absolute Gasteiger partial charge is 0.416 e. The lowest BCUT2D eigenvalue weighted by Crippen LogP contribution is -2.31. The van der Waals surface area contributed by atoms with E-state index in [4.69, 9.17) is 0 Å². The number of halogens is 1. The molecule has 2 aliphatic rings. The van der Waals surface area contributed by atoms with Crippen LogP contribution in [0.4, 0.5) is 9.18 Å². The van der Waals surface area contributed by atoms with Crippen LogP contribution in [0.25, 0.3) is 0 Å². The van der Waals surface area contributed by atoms with Crippen molar-refractivity contribution in [1.29, 1.82) is 0 Å². The minimum Gasteiger partial charge on any atom is -0.447 e. The molecular formula is C21H24FNO4. The average Bonchev–Trinajstić information content (AvgIpc) is 2.90. The zero-order valence-corrected chi connectivity index (χ0v) is 15.1. The number of cyclic esters (lactones) is 1. The van der Waals surface area contributed by atoms with Gasteiger partial charge in [0, 0.05) is 6.42 Å². The van der Waals surface area contributed by atoms with Crippen LogP contribution in [0, 0.1) is 5.82 Å². The number of allylic oxidation sites excluding steroid dienone is 6. The van der Waals surface area contributed by atoms with Gasteiger partial charge in [0.15, 0.2) is 0 Å². The second kappa shape index (κ2) is 11.1. The number of rotatable bonds is 5. The van der Waals surface area contributed by atoms with Crippen LogP contribution in [-0.2, 0) is 9.53 Å². The molecule has 0 bridgehead atoms. The number of aliphatic hydroxyl groups excluding tert-OH is 1. The highest BCUT2D eigenvalue weighted by Crippen LogP contribution is 2.20. The quantitative estimate of drug-likeness (QED) is 0.845. The number of aliphatic hydroxyl groups is 1. The summed E-state index contributed by atoms with van der Waals surface area (Å²) >= 11 is 0. The van der Waals surface area contributed by atoms with Crippen molar-refractivity contribution < 1.29 is 23.8 Å². The summed E-state index contributed by atoms with van der Waals surface area (Å²) in [7, 11) is 0. The van der Waals surface area contributed by atoms with Gasteiger partial charge in [-0.15, -0.1) is 0 Å². The molecule has 1 saturated heterocycles. The van der Waals surface area contributed by atoms with Crippen molar-refractivity contribution >= 4 is 12.0 Å². The Morgan fingerprint density at radius 1 is 1.15 bits per heavy atom. The number of hydrogen-bond donors (Lipinski definition) is 1. The van der Waals surface area contributed by atoms with Crippen LogP contribution in [0.3, 0.4) is 0 Å². The highest BCUT2D eigenvalue weighted by Gasteiger charge is 2.27. The first-order valence-corrected chi connectivity index (χ1v) is 8.97. The average molecular weight is 373 g/mol. The number of carbonyl (C=O) groups is 2. The molecule has 2 amide bonds. The maximum absolute atomic E-state index is 12.7. The Morgan fingerprint density at radius 2 is 1.81 bits per heavy atom. The van der Waals surface area contributed by atoms with E-state index in [1.54, 1.807) is 0 Å². The Morgan fingerprint density at radius 3 is 2.41 bits per heavy atom. The van der Waals surface area contributed by atoms with Crippen LogP contribution in [0.5, 0.6) is 0 Å². The third-order valence-electron chi connectivity index (χ3n) is 4.06. The third-order valence-corrected chi connectivity index (χ3v) is 4.06. The van der Waals surface area contributed by atoms with E-state index in [0.717, 1.165) is 11.3 Å². The normalized spacial score (nSPS) is 16.4. The summed E-state index contributed by atoms with van der Waals surface area (Å²) in [5.74, 6) is -0.650. The van der Waals surface area contributed by atoms with Gasteiger partial charge in [0.05, 0.1) is 12.6 Å². The lowest BCUT2D eigenvalue weighted by molar-refractivity contribution is -0.127. The van der Waals surface area contributed by atoms with Gasteiger partial charge in [-0.25, -0.2) is 14.1 Å². The topological polar surface area (TPSA) is 66.8 Å². The highest BCUT2D eigenvalue weighted by atomic mass is 19.1. The molecule has 1 aromatic carbocycles. The Hall–Kier alpha value is -2.73. The van der Waals surface area contributed by atoms with Crippen molar-refractivity contribution in [2.75, 3.05) is 13.2 Å². The van der Waals surface area contributed by atoms with Crippen molar-refractivity contribution in [2.24, 2.45) is 0 Å². The van der Waals surface area contributed by atoms with Crippen molar-refractivity contribution in [3.63, 3.8) is 0 Å². The third kappa shape index (κ3) is 7.19. The SMILES string of the molecule is C1=CC=CCC=C1.O=C(CCC[C@H](O)c1ccc(F)cc1)N1CCOC1=O. The van der Waals surface area contributed by atoms with Gasteiger partial charge in [0.25, 0.3) is 0 Å². The largest absolute Gasteiger partial charge is 0.447 e. The molecule has 1 aliphatic heterocycles. The van der Waals surface area contributed by atoms with E-state index >= 15 is 0 Å². The van der Waals surface area contributed by atoms with Crippen LogP contribution in [0.1, 0.15) is 37.4 Å². The van der Waals surface area contributed by atoms with Crippen LogP contribution in [0.15, 0.2) is 60.7 Å². The molecule has 0 aromatic heterocycles. The van der Waals surface area contributed by atoms with Gasteiger partial charge in [-0.05, 0) is 37.0 Å². The predicted octanol–water partition coefficient (Wildman–Crippen LogP) is 4.07.